The highest BCUT2D eigenvalue weighted by Gasteiger charge is 2.40. The summed E-state index contributed by atoms with van der Waals surface area (Å²) in [5.41, 5.74) is 5.80. The molecule has 0 aromatic carbocycles. The molecule has 1 aliphatic rings. The van der Waals surface area contributed by atoms with Crippen molar-refractivity contribution in [3.05, 3.63) is 16.7 Å². The van der Waals surface area contributed by atoms with E-state index in [9.17, 15) is 18.8 Å². The zero-order valence-electron chi connectivity index (χ0n) is 14.8. The highest BCUT2D eigenvalue weighted by molar-refractivity contribution is 7.60. The number of aromatic nitrogens is 4. The lowest BCUT2D eigenvalue weighted by molar-refractivity contribution is -0.646. The Labute approximate surface area is 158 Å². The van der Waals surface area contributed by atoms with Gasteiger partial charge in [0, 0.05) is 6.42 Å². The van der Waals surface area contributed by atoms with E-state index in [1.807, 2.05) is 0 Å². The Bertz CT molecular complexity index is 1050. The SMILES string of the molecule is BC1C[C@H](n2c[n+](C)c3c(=O)[nH]c(N)nc32)O[C@@H]1COP(=O)(O)OP(=O)(O)O. The number of phosphoric ester groups is 1. The van der Waals surface area contributed by atoms with Gasteiger partial charge in [0.15, 0.2) is 0 Å². The number of fused-ring (bicyclic) bond motifs is 1. The summed E-state index contributed by atoms with van der Waals surface area (Å²) >= 11 is 0. The fourth-order valence-corrected chi connectivity index (χ4v) is 4.65. The highest BCUT2D eigenvalue weighted by Crippen LogP contribution is 2.57. The summed E-state index contributed by atoms with van der Waals surface area (Å²) in [6, 6.07) is 0. The Morgan fingerprint density at radius 1 is 1.50 bits per heavy atom. The molecule has 154 valence electrons. The van der Waals surface area contributed by atoms with Gasteiger partial charge in [0.1, 0.15) is 7.85 Å². The van der Waals surface area contributed by atoms with Crippen molar-refractivity contribution < 1.29 is 41.9 Å². The number of anilines is 1. The first kappa shape index (κ1) is 21.2. The van der Waals surface area contributed by atoms with Crippen molar-refractivity contribution in [2.24, 2.45) is 7.05 Å². The van der Waals surface area contributed by atoms with E-state index >= 15 is 0 Å². The number of rotatable bonds is 6. The van der Waals surface area contributed by atoms with Crippen LogP contribution in [0, 0.1) is 0 Å². The van der Waals surface area contributed by atoms with Crippen LogP contribution in [0.4, 0.5) is 5.95 Å². The van der Waals surface area contributed by atoms with E-state index in [1.54, 1.807) is 30.4 Å². The first-order valence-electron chi connectivity index (χ1n) is 8.02. The summed E-state index contributed by atoms with van der Waals surface area (Å²) in [7, 11) is -6.69. The molecule has 2 aromatic rings. The number of phosphoric acid groups is 2. The molecular weight excluding hydrogens is 419 g/mol. The molecule has 0 radical (unpaired) electrons. The van der Waals surface area contributed by atoms with E-state index in [4.69, 9.17) is 20.3 Å². The van der Waals surface area contributed by atoms with E-state index in [2.05, 4.69) is 18.8 Å². The number of nitrogen functional groups attached to an aromatic ring is 1. The van der Waals surface area contributed by atoms with E-state index < -0.39 is 40.1 Å². The molecular formula is C11H19BN5O9P2+. The summed E-state index contributed by atoms with van der Waals surface area (Å²) in [6.07, 6.45) is 0.831. The molecule has 2 aromatic heterocycles. The zero-order valence-corrected chi connectivity index (χ0v) is 16.6. The zero-order chi connectivity index (χ0) is 20.9. The molecule has 3 rings (SSSR count). The average molecular weight is 438 g/mol. The number of ether oxygens (including phenoxy) is 1. The highest BCUT2D eigenvalue weighted by atomic mass is 31.3. The van der Waals surface area contributed by atoms with Crippen molar-refractivity contribution in [3.8, 4) is 0 Å². The number of nitrogens with two attached hydrogens (primary N) is 1. The number of nitrogens with zero attached hydrogens (tertiary/aromatic N) is 3. The molecule has 0 spiro atoms. The molecule has 14 nitrogen and oxygen atoms in total. The number of H-pyrrole nitrogens is 1. The molecule has 0 amide bonds. The number of hydrogen-bond donors (Lipinski definition) is 5. The summed E-state index contributed by atoms with van der Waals surface area (Å²) in [5.74, 6) is -0.207. The van der Waals surface area contributed by atoms with Gasteiger partial charge in [0.05, 0.1) is 19.8 Å². The van der Waals surface area contributed by atoms with Crippen molar-refractivity contribution in [1.82, 2.24) is 14.5 Å². The maximum absolute atomic E-state index is 12.1. The van der Waals surface area contributed by atoms with Crippen LogP contribution in [0.1, 0.15) is 12.6 Å². The second-order valence-corrected chi connectivity index (χ2v) is 9.27. The van der Waals surface area contributed by atoms with Crippen LogP contribution in [0.25, 0.3) is 11.2 Å². The maximum atomic E-state index is 12.1. The van der Waals surface area contributed by atoms with Crippen molar-refractivity contribution in [3.63, 3.8) is 0 Å². The van der Waals surface area contributed by atoms with Gasteiger partial charge in [0.2, 0.25) is 18.5 Å². The molecule has 0 aliphatic carbocycles. The van der Waals surface area contributed by atoms with E-state index in [1.165, 1.54) is 0 Å². The molecule has 1 saturated heterocycles. The van der Waals surface area contributed by atoms with Crippen LogP contribution in [-0.2, 0) is 29.7 Å². The second kappa shape index (κ2) is 7.36. The number of aryl methyl sites for hydroxylation is 1. The second-order valence-electron chi connectivity index (χ2n) is 6.44. The lowest BCUT2D eigenvalue weighted by Crippen LogP contribution is -2.31. The lowest BCUT2D eigenvalue weighted by Gasteiger charge is -2.17. The third-order valence-corrected chi connectivity index (χ3v) is 6.40. The van der Waals surface area contributed by atoms with Gasteiger partial charge in [-0.15, -0.1) is 0 Å². The molecule has 6 N–H and O–H groups in total. The van der Waals surface area contributed by atoms with E-state index in [0.717, 1.165) is 0 Å². The number of nitrogens with one attached hydrogen (secondary N) is 1. The standard InChI is InChI=1S/C11H18BN5O9P2/c1-16-4-17(9-8(16)10(18)15-11(13)14-9)7-2-5(12)6(25-7)3-24-28(22,23)26-27(19,20)21/h4-7H,2-3,12H2,1H3,(H5-,13,14,15,18,19,20,21,22,23)/p+1/t5?,6-,7-/m1/s1. The van der Waals surface area contributed by atoms with E-state index in [0.29, 0.717) is 17.6 Å². The Morgan fingerprint density at radius 3 is 2.82 bits per heavy atom. The number of hydrogen-bond acceptors (Lipinski definition) is 8. The molecule has 3 heterocycles. The minimum Gasteiger partial charge on any atom is -0.369 e. The molecule has 17 heteroatoms. The molecule has 2 unspecified atom stereocenters. The third kappa shape index (κ3) is 4.53. The molecule has 4 atom stereocenters. The quantitative estimate of drug-likeness (QED) is 0.191. The molecule has 1 aliphatic heterocycles. The van der Waals surface area contributed by atoms with Crippen LogP contribution in [0.15, 0.2) is 11.1 Å². The lowest BCUT2D eigenvalue weighted by atomic mass is 9.81. The fourth-order valence-electron chi connectivity index (χ4n) is 3.05. The van der Waals surface area contributed by atoms with Crippen LogP contribution in [0.5, 0.6) is 0 Å². The summed E-state index contributed by atoms with van der Waals surface area (Å²) in [5, 5.41) is 0. The summed E-state index contributed by atoms with van der Waals surface area (Å²) in [4.78, 5) is 45.3. The van der Waals surface area contributed by atoms with Crippen LogP contribution in [-0.4, -0.2) is 49.8 Å². The van der Waals surface area contributed by atoms with Crippen molar-refractivity contribution >= 4 is 40.6 Å². The van der Waals surface area contributed by atoms with E-state index in [-0.39, 0.29) is 11.8 Å². The predicted octanol–water partition coefficient (Wildman–Crippen LogP) is -1.93. The monoisotopic (exact) mass is 438 g/mol. The first-order valence-corrected chi connectivity index (χ1v) is 11.0. The molecule has 0 saturated carbocycles. The maximum Gasteiger partial charge on any atom is 0.481 e. The van der Waals surface area contributed by atoms with Gasteiger partial charge in [-0.25, -0.2) is 13.7 Å². The molecule has 1 fully saturated rings. The topological polar surface area (TPSA) is 203 Å². The Kier molecular flexibility index (Phi) is 5.56. The van der Waals surface area contributed by atoms with Crippen molar-refractivity contribution in [2.75, 3.05) is 12.3 Å². The Hall–Kier alpha value is -1.57. The predicted molar refractivity (Wildman–Crippen MR) is 95.7 cm³/mol. The molecule has 0 bridgehead atoms. The van der Waals surface area contributed by atoms with Crippen molar-refractivity contribution in [2.45, 2.75) is 24.6 Å². The van der Waals surface area contributed by atoms with Gasteiger partial charge >= 0.3 is 21.2 Å². The normalized spacial score (nSPS) is 25.2. The van der Waals surface area contributed by atoms with Crippen LogP contribution in [0.3, 0.4) is 0 Å². The molecule has 28 heavy (non-hydrogen) atoms. The van der Waals surface area contributed by atoms with Gasteiger partial charge in [-0.05, 0) is 5.82 Å². The van der Waals surface area contributed by atoms with Crippen molar-refractivity contribution in [1.29, 1.82) is 0 Å². The fraction of sp³-hybridized carbons (Fsp3) is 0.545. The Balaban J connectivity index is 1.78. The van der Waals surface area contributed by atoms with Gasteiger partial charge in [-0.1, -0.05) is 0 Å². The van der Waals surface area contributed by atoms with Crippen LogP contribution < -0.4 is 15.9 Å². The number of aromatic amines is 1. The third-order valence-electron chi connectivity index (χ3n) is 4.25. The largest absolute Gasteiger partial charge is 0.481 e. The minimum atomic E-state index is -5.20. The van der Waals surface area contributed by atoms with Crippen LogP contribution in [0.2, 0.25) is 5.82 Å². The van der Waals surface area contributed by atoms with Gasteiger partial charge in [0.25, 0.3) is 11.2 Å². The van der Waals surface area contributed by atoms with Gasteiger partial charge in [-0.3, -0.25) is 14.3 Å². The van der Waals surface area contributed by atoms with Crippen LogP contribution >= 0.6 is 15.6 Å². The minimum absolute atomic E-state index is 0.0563. The smallest absolute Gasteiger partial charge is 0.369 e. The van der Waals surface area contributed by atoms with Gasteiger partial charge < -0.3 is 25.2 Å². The van der Waals surface area contributed by atoms with Gasteiger partial charge in [-0.2, -0.15) is 13.9 Å². The first-order chi connectivity index (χ1) is 12.9. The Morgan fingerprint density at radius 2 is 2.18 bits per heavy atom. The summed E-state index contributed by atoms with van der Waals surface area (Å²) in [6.45, 7) is -0.438. The number of imidazole rings is 1. The average Bonchev–Trinajstić information content (AvgIpc) is 3.03. The summed E-state index contributed by atoms with van der Waals surface area (Å²) < 4.78 is 39.7.